The number of benzene rings is 2. The van der Waals surface area contributed by atoms with Crippen LogP contribution in [0.1, 0.15) is 52.5 Å². The number of rotatable bonds is 8. The summed E-state index contributed by atoms with van der Waals surface area (Å²) in [6.45, 7) is 7.99. The number of methoxy groups -OCH3 is 1. The molecule has 2 aliphatic heterocycles. The highest BCUT2D eigenvalue weighted by atomic mass is 16.6. The van der Waals surface area contributed by atoms with Crippen LogP contribution < -0.4 is 20.0 Å². The van der Waals surface area contributed by atoms with E-state index >= 15 is 0 Å². The number of anilines is 2. The number of ether oxygens (including phenoxy) is 3. The number of carbonyl (C=O) groups excluding carboxylic acids is 3. The number of nitrogens with one attached hydrogen (secondary N) is 1. The summed E-state index contributed by atoms with van der Waals surface area (Å²) >= 11 is 0. The molecule has 2 amide bonds. The average Bonchev–Trinajstić information content (AvgIpc) is 3.55. The molecule has 3 aliphatic rings. The first-order valence-electron chi connectivity index (χ1n) is 14.1. The van der Waals surface area contributed by atoms with E-state index in [1.165, 1.54) is 0 Å². The lowest BCUT2D eigenvalue weighted by atomic mass is 9.87. The molecule has 0 spiro atoms. The Balaban J connectivity index is 1.32. The number of esters is 1. The van der Waals surface area contributed by atoms with Crippen LogP contribution in [0.25, 0.3) is 0 Å². The minimum absolute atomic E-state index is 0.127. The van der Waals surface area contributed by atoms with Crippen LogP contribution in [-0.2, 0) is 25.5 Å². The quantitative estimate of drug-likeness (QED) is 0.473. The third-order valence-corrected chi connectivity index (χ3v) is 7.63. The predicted molar refractivity (Wildman–Crippen MR) is 155 cm³/mol. The Morgan fingerprint density at radius 2 is 1.71 bits per heavy atom. The van der Waals surface area contributed by atoms with Crippen LogP contribution in [0.2, 0.25) is 0 Å². The van der Waals surface area contributed by atoms with E-state index in [2.05, 4.69) is 10.4 Å². The fourth-order valence-corrected chi connectivity index (χ4v) is 5.49. The predicted octanol–water partition coefficient (Wildman–Crippen LogP) is 4.46. The Hall–Kier alpha value is -4.08. The molecule has 2 heterocycles. The van der Waals surface area contributed by atoms with Crippen molar-refractivity contribution in [1.29, 1.82) is 0 Å². The van der Waals surface area contributed by atoms with E-state index < -0.39 is 23.7 Å². The number of piperidine rings is 1. The van der Waals surface area contributed by atoms with Crippen molar-refractivity contribution in [3.8, 4) is 5.75 Å². The second kappa shape index (κ2) is 11.1. The molecule has 5 rings (SSSR count). The van der Waals surface area contributed by atoms with Gasteiger partial charge in [0.1, 0.15) is 17.4 Å². The van der Waals surface area contributed by atoms with E-state index in [1.807, 2.05) is 57.2 Å². The first-order valence-corrected chi connectivity index (χ1v) is 14.1. The second-order valence-corrected chi connectivity index (χ2v) is 11.8. The van der Waals surface area contributed by atoms with Gasteiger partial charge in [0, 0.05) is 23.7 Å². The lowest BCUT2D eigenvalue weighted by Crippen LogP contribution is -2.54. The van der Waals surface area contributed by atoms with Crippen LogP contribution >= 0.6 is 0 Å². The van der Waals surface area contributed by atoms with Crippen molar-refractivity contribution in [2.45, 2.75) is 70.6 Å². The van der Waals surface area contributed by atoms with E-state index in [9.17, 15) is 14.4 Å². The zero-order valence-corrected chi connectivity index (χ0v) is 24.3. The molecule has 1 saturated carbocycles. The average molecular weight is 563 g/mol. The minimum Gasteiger partial charge on any atom is -0.497 e. The van der Waals surface area contributed by atoms with Gasteiger partial charge in [-0.1, -0.05) is 12.1 Å². The Morgan fingerprint density at radius 1 is 1.05 bits per heavy atom. The van der Waals surface area contributed by atoms with Crippen LogP contribution in [0.3, 0.4) is 0 Å². The molecular formula is C31H38N4O6. The van der Waals surface area contributed by atoms with Crippen LogP contribution in [0.15, 0.2) is 53.6 Å². The summed E-state index contributed by atoms with van der Waals surface area (Å²) in [6, 6.07) is 14.5. The van der Waals surface area contributed by atoms with Crippen molar-refractivity contribution >= 4 is 35.1 Å². The van der Waals surface area contributed by atoms with Gasteiger partial charge in [-0.25, -0.2) is 9.59 Å². The summed E-state index contributed by atoms with van der Waals surface area (Å²) in [5, 5.41) is 9.28. The van der Waals surface area contributed by atoms with Crippen LogP contribution in [-0.4, -0.2) is 61.1 Å². The largest absolute Gasteiger partial charge is 0.497 e. The molecular weight excluding hydrogens is 524 g/mol. The summed E-state index contributed by atoms with van der Waals surface area (Å²) in [4.78, 5) is 40.8. The van der Waals surface area contributed by atoms with E-state index in [1.54, 1.807) is 36.1 Å². The Bertz CT molecular complexity index is 1330. The van der Waals surface area contributed by atoms with Gasteiger partial charge in [0.05, 0.1) is 19.4 Å². The molecule has 1 saturated heterocycles. The van der Waals surface area contributed by atoms with Crippen molar-refractivity contribution in [2.24, 2.45) is 11.0 Å². The first-order chi connectivity index (χ1) is 19.5. The Morgan fingerprint density at radius 3 is 2.29 bits per heavy atom. The number of hydrogen-bond acceptors (Lipinski definition) is 8. The van der Waals surface area contributed by atoms with Crippen LogP contribution in [0.5, 0.6) is 5.75 Å². The summed E-state index contributed by atoms with van der Waals surface area (Å²) < 4.78 is 16.0. The molecule has 0 bridgehead atoms. The van der Waals surface area contributed by atoms with Crippen molar-refractivity contribution in [1.82, 2.24) is 5.32 Å². The van der Waals surface area contributed by atoms with Gasteiger partial charge < -0.3 is 24.4 Å². The maximum Gasteiger partial charge on any atom is 0.408 e. The highest BCUT2D eigenvalue weighted by Crippen LogP contribution is 2.40. The molecule has 2 unspecified atom stereocenters. The van der Waals surface area contributed by atoms with Gasteiger partial charge in [-0.15, -0.1) is 0 Å². The number of carbonyl (C=O) groups is 3. The summed E-state index contributed by atoms with van der Waals surface area (Å²) in [5.41, 5.74) is 1.98. The van der Waals surface area contributed by atoms with Crippen molar-refractivity contribution in [3.63, 3.8) is 0 Å². The lowest BCUT2D eigenvalue weighted by molar-refractivity contribution is -0.135. The fourth-order valence-electron chi connectivity index (χ4n) is 5.49. The number of hydrogen-bond donors (Lipinski definition) is 1. The van der Waals surface area contributed by atoms with Gasteiger partial charge in [-0.05, 0) is 95.3 Å². The first kappa shape index (κ1) is 28.4. The number of hydrazone groups is 1. The molecule has 10 nitrogen and oxygen atoms in total. The second-order valence-electron chi connectivity index (χ2n) is 11.8. The number of amides is 2. The minimum atomic E-state index is -0.663. The van der Waals surface area contributed by atoms with E-state index in [4.69, 9.17) is 14.2 Å². The fraction of sp³-hybridized carbons (Fsp3) is 0.484. The third-order valence-electron chi connectivity index (χ3n) is 7.63. The molecule has 2 aromatic rings. The zero-order valence-electron chi connectivity index (χ0n) is 24.3. The Labute approximate surface area is 240 Å². The van der Waals surface area contributed by atoms with Crippen molar-refractivity contribution < 1.29 is 28.6 Å². The molecule has 41 heavy (non-hydrogen) atoms. The molecule has 2 aromatic carbocycles. The van der Waals surface area contributed by atoms with Crippen molar-refractivity contribution in [2.75, 3.05) is 30.2 Å². The molecule has 0 radical (unpaired) electrons. The highest BCUT2D eigenvalue weighted by molar-refractivity contribution is 6.39. The Kier molecular flexibility index (Phi) is 7.68. The van der Waals surface area contributed by atoms with Gasteiger partial charge in [-0.2, -0.15) is 5.10 Å². The van der Waals surface area contributed by atoms with Crippen molar-refractivity contribution in [3.05, 3.63) is 54.1 Å². The maximum absolute atomic E-state index is 14.0. The van der Waals surface area contributed by atoms with E-state index in [-0.39, 0.29) is 29.7 Å². The normalized spacial score (nSPS) is 21.1. The maximum atomic E-state index is 14.0. The van der Waals surface area contributed by atoms with Crippen LogP contribution in [0.4, 0.5) is 16.2 Å². The SMILES string of the molecule is CCOC(=O)C1=NN(c2ccc(OC)cc2)C2C(=O)N(c3ccc(CC4(NC(=O)OC(C)(C)C)CC4)cc3)CCC12. The smallest absolute Gasteiger partial charge is 0.408 e. The lowest BCUT2D eigenvalue weighted by Gasteiger charge is -2.37. The molecule has 1 aliphatic carbocycles. The van der Waals surface area contributed by atoms with Gasteiger partial charge in [0.15, 0.2) is 5.71 Å². The molecule has 10 heteroatoms. The van der Waals surface area contributed by atoms with Gasteiger partial charge in [0.25, 0.3) is 5.91 Å². The van der Waals surface area contributed by atoms with Gasteiger partial charge in [-0.3, -0.25) is 9.80 Å². The molecule has 218 valence electrons. The topological polar surface area (TPSA) is 110 Å². The third kappa shape index (κ3) is 6.16. The standard InChI is InChI=1S/C31H38N4O6/c1-6-40-28(37)25-24-15-18-34(27(36)26(24)35(33-25)22-11-13-23(39-5)14-12-22)21-9-7-20(8-10-21)19-31(16-17-31)32-29(38)41-30(2,3)4/h7-14,24,26H,6,15-19H2,1-5H3,(H,32,38). The molecule has 0 aromatic heterocycles. The summed E-state index contributed by atoms with van der Waals surface area (Å²) in [6.07, 6.45) is 2.65. The summed E-state index contributed by atoms with van der Waals surface area (Å²) in [5.74, 6) is -0.297. The van der Waals surface area contributed by atoms with E-state index in [0.29, 0.717) is 30.8 Å². The zero-order chi connectivity index (χ0) is 29.4. The number of fused-ring (bicyclic) bond motifs is 1. The number of alkyl carbamates (subject to hydrolysis) is 1. The molecule has 1 N–H and O–H groups in total. The van der Waals surface area contributed by atoms with E-state index in [0.717, 1.165) is 24.1 Å². The molecule has 2 atom stereocenters. The summed E-state index contributed by atoms with van der Waals surface area (Å²) in [7, 11) is 1.59. The van der Waals surface area contributed by atoms with Crippen LogP contribution in [0, 0.1) is 5.92 Å². The van der Waals surface area contributed by atoms with Gasteiger partial charge in [0.2, 0.25) is 0 Å². The monoisotopic (exact) mass is 562 g/mol. The highest BCUT2D eigenvalue weighted by Gasteiger charge is 2.50. The number of nitrogens with zero attached hydrogens (tertiary/aromatic N) is 3. The molecule has 2 fully saturated rings. The van der Waals surface area contributed by atoms with Gasteiger partial charge >= 0.3 is 12.1 Å².